The van der Waals surface area contributed by atoms with Gasteiger partial charge < -0.3 is 23.7 Å². The number of cyclic esters (lactones) is 1. The zero-order valence-electron chi connectivity index (χ0n) is 17.5. The summed E-state index contributed by atoms with van der Waals surface area (Å²) in [6.07, 6.45) is 5.24. The minimum atomic E-state index is -0.595. The molecule has 4 heterocycles. The van der Waals surface area contributed by atoms with Gasteiger partial charge in [-0.25, -0.2) is 4.79 Å². The molecule has 7 heteroatoms. The molecule has 9 atom stereocenters. The van der Waals surface area contributed by atoms with Crippen molar-refractivity contribution in [2.75, 3.05) is 6.61 Å². The second-order valence-corrected chi connectivity index (χ2v) is 10.4. The quantitative estimate of drug-likeness (QED) is 0.386. The Labute approximate surface area is 175 Å². The third kappa shape index (κ3) is 1.86. The van der Waals surface area contributed by atoms with Crippen LogP contribution in [-0.2, 0) is 33.3 Å². The van der Waals surface area contributed by atoms with Gasteiger partial charge in [-0.05, 0) is 37.2 Å². The van der Waals surface area contributed by atoms with E-state index in [2.05, 4.69) is 13.8 Å². The predicted octanol–water partition coefficient (Wildman–Crippen LogP) is 2.21. The van der Waals surface area contributed by atoms with E-state index in [1.807, 2.05) is 0 Å². The molecular formula is C23H28O7. The van der Waals surface area contributed by atoms with Crippen LogP contribution >= 0.6 is 0 Å². The summed E-state index contributed by atoms with van der Waals surface area (Å²) in [7, 11) is 0. The SMILES string of the molecule is CCCCCC(=O)O[C@@H]1[C@H]2O[C@H]2[C@@H]2O[C@]23[C@]12O[C@H]2CC1C2=C(CC[C@@]13C)C(=O)OC2. The zero-order valence-corrected chi connectivity index (χ0v) is 17.5. The molecule has 0 aromatic rings. The summed E-state index contributed by atoms with van der Waals surface area (Å²) in [5.41, 5.74) is 0.746. The molecule has 30 heavy (non-hydrogen) atoms. The van der Waals surface area contributed by atoms with Crippen molar-refractivity contribution in [3.05, 3.63) is 11.1 Å². The Morgan fingerprint density at radius 2 is 2.10 bits per heavy atom. The largest absolute Gasteiger partial charge is 0.458 e. The van der Waals surface area contributed by atoms with Gasteiger partial charge in [0, 0.05) is 17.4 Å². The molecule has 0 amide bonds. The maximum Gasteiger partial charge on any atom is 0.334 e. The Bertz CT molecular complexity index is 896. The molecule has 7 rings (SSSR count). The van der Waals surface area contributed by atoms with Gasteiger partial charge in [-0.15, -0.1) is 0 Å². The molecule has 2 spiro atoms. The van der Waals surface area contributed by atoms with Gasteiger partial charge >= 0.3 is 11.9 Å². The van der Waals surface area contributed by atoms with Gasteiger partial charge in [0.05, 0.1) is 6.10 Å². The number of unbranched alkanes of at least 4 members (excludes halogenated alkanes) is 2. The number of hydrogen-bond donors (Lipinski definition) is 0. The topological polar surface area (TPSA) is 90.2 Å². The molecule has 7 nitrogen and oxygen atoms in total. The lowest BCUT2D eigenvalue weighted by molar-refractivity contribution is -0.161. The molecule has 162 valence electrons. The number of rotatable bonds is 5. The van der Waals surface area contributed by atoms with Crippen LogP contribution in [0.3, 0.4) is 0 Å². The fourth-order valence-electron chi connectivity index (χ4n) is 7.67. The van der Waals surface area contributed by atoms with Crippen molar-refractivity contribution in [3.8, 4) is 0 Å². The first-order valence-corrected chi connectivity index (χ1v) is 11.6. The highest BCUT2D eigenvalue weighted by atomic mass is 16.8. The molecule has 0 aromatic carbocycles. The lowest BCUT2D eigenvalue weighted by atomic mass is 9.48. The lowest BCUT2D eigenvalue weighted by Crippen LogP contribution is -2.66. The van der Waals surface area contributed by atoms with Crippen LogP contribution in [-0.4, -0.2) is 60.3 Å². The third-order valence-electron chi connectivity index (χ3n) is 9.19. The van der Waals surface area contributed by atoms with Crippen molar-refractivity contribution in [2.24, 2.45) is 11.3 Å². The number of fused-ring (bicyclic) bond motifs is 4. The van der Waals surface area contributed by atoms with Crippen molar-refractivity contribution >= 4 is 11.9 Å². The number of carbonyl (C=O) groups excluding carboxylic acids is 2. The molecule has 4 aliphatic heterocycles. The Morgan fingerprint density at radius 3 is 2.93 bits per heavy atom. The summed E-state index contributed by atoms with van der Waals surface area (Å²) < 4.78 is 30.4. The number of ether oxygens (including phenoxy) is 5. The molecule has 0 N–H and O–H groups in total. The first-order valence-electron chi connectivity index (χ1n) is 11.6. The van der Waals surface area contributed by atoms with Crippen molar-refractivity contribution in [3.63, 3.8) is 0 Å². The highest BCUT2D eigenvalue weighted by Gasteiger charge is 2.98. The molecule has 1 unspecified atom stereocenters. The standard InChI is InChI=1S/C23H28O7/c1-3-4-5-6-15(24)27-18-16-17(28-16)19-23(30-19)21(2)8-7-11-12(10-26-20(11)25)13(21)9-14-22(18,23)29-14/h13-14,16-19H,3-10H2,1-2H3/t13?,14-,16-,17+,18+,19-,21-,22+,23+/m0/s1. The second kappa shape index (κ2) is 5.48. The van der Waals surface area contributed by atoms with Crippen LogP contribution in [0, 0.1) is 11.3 Å². The average molecular weight is 416 g/mol. The smallest absolute Gasteiger partial charge is 0.334 e. The monoisotopic (exact) mass is 416 g/mol. The minimum absolute atomic E-state index is 0.00415. The average Bonchev–Trinajstić information content (AvgIpc) is 3.61. The van der Waals surface area contributed by atoms with Gasteiger partial charge in [-0.1, -0.05) is 26.7 Å². The molecule has 3 aliphatic carbocycles. The predicted molar refractivity (Wildman–Crippen MR) is 101 cm³/mol. The van der Waals surface area contributed by atoms with Crippen molar-refractivity contribution in [1.82, 2.24) is 0 Å². The van der Waals surface area contributed by atoms with E-state index in [0.717, 1.165) is 49.7 Å². The molecule has 0 bridgehead atoms. The normalized spacial score (nSPS) is 53.3. The van der Waals surface area contributed by atoms with Crippen LogP contribution in [0.5, 0.6) is 0 Å². The van der Waals surface area contributed by atoms with Crippen LogP contribution in [0.2, 0.25) is 0 Å². The first-order chi connectivity index (χ1) is 14.5. The number of hydrogen-bond acceptors (Lipinski definition) is 7. The first kappa shape index (κ1) is 18.2. The van der Waals surface area contributed by atoms with E-state index >= 15 is 0 Å². The molecule has 5 fully saturated rings. The molecule has 7 aliphatic rings. The van der Waals surface area contributed by atoms with E-state index in [-0.39, 0.29) is 47.7 Å². The van der Waals surface area contributed by atoms with Gasteiger partial charge in [0.2, 0.25) is 0 Å². The Morgan fingerprint density at radius 1 is 1.23 bits per heavy atom. The molecular weight excluding hydrogens is 388 g/mol. The van der Waals surface area contributed by atoms with E-state index in [0.29, 0.717) is 13.0 Å². The highest BCUT2D eigenvalue weighted by molar-refractivity contribution is 5.92. The fourth-order valence-corrected chi connectivity index (χ4v) is 7.67. The maximum atomic E-state index is 12.6. The molecule has 0 aromatic heterocycles. The van der Waals surface area contributed by atoms with Crippen molar-refractivity contribution in [2.45, 2.75) is 101 Å². The van der Waals surface area contributed by atoms with E-state index < -0.39 is 17.3 Å². The summed E-state index contributed by atoms with van der Waals surface area (Å²) in [6.45, 7) is 4.80. The second-order valence-electron chi connectivity index (χ2n) is 10.4. The van der Waals surface area contributed by atoms with Crippen molar-refractivity contribution in [1.29, 1.82) is 0 Å². The molecule has 3 saturated heterocycles. The fraction of sp³-hybridized carbons (Fsp3) is 0.826. The van der Waals surface area contributed by atoms with Crippen LogP contribution in [0.1, 0.15) is 58.8 Å². The maximum absolute atomic E-state index is 12.6. The summed E-state index contributed by atoms with van der Waals surface area (Å²) in [6, 6.07) is 0. The summed E-state index contributed by atoms with van der Waals surface area (Å²) in [4.78, 5) is 24.8. The van der Waals surface area contributed by atoms with E-state index in [1.54, 1.807) is 0 Å². The Kier molecular flexibility index (Phi) is 3.32. The molecule has 2 saturated carbocycles. The van der Waals surface area contributed by atoms with E-state index in [9.17, 15) is 9.59 Å². The van der Waals surface area contributed by atoms with Crippen LogP contribution in [0.25, 0.3) is 0 Å². The van der Waals surface area contributed by atoms with Crippen LogP contribution < -0.4 is 0 Å². The highest BCUT2D eigenvalue weighted by Crippen LogP contribution is 2.80. The summed E-state index contributed by atoms with van der Waals surface area (Å²) in [5.74, 6) is -0.106. The minimum Gasteiger partial charge on any atom is -0.458 e. The Balaban J connectivity index is 1.23. The number of esters is 2. The third-order valence-corrected chi connectivity index (χ3v) is 9.19. The van der Waals surface area contributed by atoms with E-state index in [4.69, 9.17) is 23.7 Å². The van der Waals surface area contributed by atoms with E-state index in [1.165, 1.54) is 0 Å². The van der Waals surface area contributed by atoms with Gasteiger partial charge in [0.25, 0.3) is 0 Å². The van der Waals surface area contributed by atoms with Gasteiger partial charge in [-0.3, -0.25) is 4.79 Å². The van der Waals surface area contributed by atoms with Crippen LogP contribution in [0.4, 0.5) is 0 Å². The molecule has 0 radical (unpaired) electrons. The Hall–Kier alpha value is -1.44. The van der Waals surface area contributed by atoms with Gasteiger partial charge in [0.1, 0.15) is 30.5 Å². The summed E-state index contributed by atoms with van der Waals surface area (Å²) in [5, 5.41) is 0. The van der Waals surface area contributed by atoms with Crippen LogP contribution in [0.15, 0.2) is 11.1 Å². The van der Waals surface area contributed by atoms with Gasteiger partial charge in [-0.2, -0.15) is 0 Å². The summed E-state index contributed by atoms with van der Waals surface area (Å²) >= 11 is 0. The van der Waals surface area contributed by atoms with Crippen molar-refractivity contribution < 1.29 is 33.3 Å². The van der Waals surface area contributed by atoms with Gasteiger partial charge in [0.15, 0.2) is 11.7 Å². The number of carbonyl (C=O) groups is 2. The lowest BCUT2D eigenvalue weighted by Gasteiger charge is -2.52. The number of epoxide rings is 3. The zero-order chi connectivity index (χ0) is 20.5.